The van der Waals surface area contributed by atoms with Crippen molar-refractivity contribution in [3.05, 3.63) is 50.9 Å². The van der Waals surface area contributed by atoms with Crippen LogP contribution >= 0.6 is 22.9 Å². The van der Waals surface area contributed by atoms with Gasteiger partial charge in [-0.25, -0.2) is 4.98 Å². The maximum Gasteiger partial charge on any atom is 0.191 e. The molecule has 0 aliphatic carbocycles. The average Bonchev–Trinajstić information content (AvgIpc) is 3.09. The number of thiazole rings is 1. The zero-order valence-electron chi connectivity index (χ0n) is 16.0. The third kappa shape index (κ3) is 6.48. The Morgan fingerprint density at radius 2 is 2.00 bits per heavy atom. The van der Waals surface area contributed by atoms with Crippen LogP contribution in [-0.2, 0) is 13.1 Å². The summed E-state index contributed by atoms with van der Waals surface area (Å²) in [4.78, 5) is 11.4. The number of aliphatic imine (C=N–C) groups is 1. The SMILES string of the molecule is CN=C(NCc1ccc(Cl)cc1)NCC1CCN(Cc2csc(C)n2)CC1. The first-order valence-electron chi connectivity index (χ1n) is 9.44. The predicted molar refractivity (Wildman–Crippen MR) is 115 cm³/mol. The molecular weight excluding hydrogens is 378 g/mol. The van der Waals surface area contributed by atoms with E-state index in [4.69, 9.17) is 11.6 Å². The number of rotatable bonds is 6. The Balaban J connectivity index is 1.36. The Labute approximate surface area is 170 Å². The molecule has 2 heterocycles. The van der Waals surface area contributed by atoms with Gasteiger partial charge in [-0.2, -0.15) is 0 Å². The second kappa shape index (κ2) is 10.1. The number of hydrogen-bond donors (Lipinski definition) is 2. The van der Waals surface area contributed by atoms with E-state index in [1.54, 1.807) is 11.3 Å². The molecule has 1 aromatic heterocycles. The second-order valence-corrected chi connectivity index (χ2v) is 8.51. The molecule has 2 N–H and O–H groups in total. The molecule has 0 atom stereocenters. The minimum atomic E-state index is 0.688. The third-order valence-corrected chi connectivity index (χ3v) is 5.99. The zero-order chi connectivity index (χ0) is 19.1. The van der Waals surface area contributed by atoms with Gasteiger partial charge in [-0.15, -0.1) is 11.3 Å². The number of aryl methyl sites for hydroxylation is 1. The van der Waals surface area contributed by atoms with Gasteiger partial charge in [0.05, 0.1) is 10.7 Å². The number of nitrogens with one attached hydrogen (secondary N) is 2. The maximum atomic E-state index is 5.93. The zero-order valence-corrected chi connectivity index (χ0v) is 17.6. The van der Waals surface area contributed by atoms with Crippen molar-refractivity contribution in [1.82, 2.24) is 20.5 Å². The molecule has 27 heavy (non-hydrogen) atoms. The van der Waals surface area contributed by atoms with Crippen molar-refractivity contribution in [2.24, 2.45) is 10.9 Å². The highest BCUT2D eigenvalue weighted by molar-refractivity contribution is 7.09. The van der Waals surface area contributed by atoms with Crippen LogP contribution in [0.25, 0.3) is 0 Å². The molecule has 146 valence electrons. The third-order valence-electron chi connectivity index (χ3n) is 4.91. The van der Waals surface area contributed by atoms with Crippen molar-refractivity contribution in [3.8, 4) is 0 Å². The van der Waals surface area contributed by atoms with Gasteiger partial charge in [0, 0.05) is 37.1 Å². The lowest BCUT2D eigenvalue weighted by Crippen LogP contribution is -2.42. The van der Waals surface area contributed by atoms with Crippen LogP contribution in [0, 0.1) is 12.8 Å². The summed E-state index contributed by atoms with van der Waals surface area (Å²) in [6.45, 7) is 7.03. The first kappa shape index (κ1) is 20.1. The molecule has 3 rings (SSSR count). The van der Waals surface area contributed by atoms with Crippen LogP contribution in [-0.4, -0.2) is 42.5 Å². The van der Waals surface area contributed by atoms with E-state index in [9.17, 15) is 0 Å². The molecule has 7 heteroatoms. The van der Waals surface area contributed by atoms with Crippen molar-refractivity contribution < 1.29 is 0 Å². The first-order chi connectivity index (χ1) is 13.1. The quantitative estimate of drug-likeness (QED) is 0.568. The van der Waals surface area contributed by atoms with Gasteiger partial charge >= 0.3 is 0 Å². The fourth-order valence-corrected chi connectivity index (χ4v) is 4.04. The van der Waals surface area contributed by atoms with E-state index in [2.05, 4.69) is 37.8 Å². The van der Waals surface area contributed by atoms with E-state index in [0.29, 0.717) is 5.92 Å². The Morgan fingerprint density at radius 1 is 1.26 bits per heavy atom. The molecular formula is C20H28ClN5S. The lowest BCUT2D eigenvalue weighted by Gasteiger charge is -2.31. The summed E-state index contributed by atoms with van der Waals surface area (Å²) in [5.74, 6) is 1.54. The fraction of sp³-hybridized carbons (Fsp3) is 0.500. The standard InChI is InChI=1S/C20H28ClN5S/c1-15-25-19(14-27-15)13-26-9-7-17(8-10-26)12-24-20(22-2)23-11-16-3-5-18(21)6-4-16/h3-6,14,17H,7-13H2,1-2H3,(H2,22,23,24). The maximum absolute atomic E-state index is 5.93. The molecule has 0 spiro atoms. The molecule has 5 nitrogen and oxygen atoms in total. The number of halogens is 1. The van der Waals surface area contributed by atoms with Crippen molar-refractivity contribution in [2.45, 2.75) is 32.9 Å². The van der Waals surface area contributed by atoms with Crippen LogP contribution < -0.4 is 10.6 Å². The largest absolute Gasteiger partial charge is 0.356 e. The van der Waals surface area contributed by atoms with E-state index in [1.807, 2.05) is 31.3 Å². The molecule has 1 aliphatic rings. The average molecular weight is 406 g/mol. The summed E-state index contributed by atoms with van der Waals surface area (Å²) in [6.07, 6.45) is 2.43. The molecule has 1 aromatic carbocycles. The molecule has 0 saturated carbocycles. The number of guanidine groups is 1. The monoisotopic (exact) mass is 405 g/mol. The number of nitrogens with zero attached hydrogens (tertiary/aromatic N) is 3. The lowest BCUT2D eigenvalue weighted by atomic mass is 9.97. The summed E-state index contributed by atoms with van der Waals surface area (Å²) in [6, 6.07) is 7.88. The van der Waals surface area contributed by atoms with Gasteiger partial charge < -0.3 is 10.6 Å². The van der Waals surface area contributed by atoms with Crippen LogP contribution in [0.2, 0.25) is 5.02 Å². The number of likely N-dealkylation sites (tertiary alicyclic amines) is 1. The normalized spacial score (nSPS) is 16.5. The molecule has 1 saturated heterocycles. The van der Waals surface area contributed by atoms with Crippen LogP contribution in [0.15, 0.2) is 34.6 Å². The van der Waals surface area contributed by atoms with Crippen LogP contribution in [0.5, 0.6) is 0 Å². The van der Waals surface area contributed by atoms with E-state index >= 15 is 0 Å². The van der Waals surface area contributed by atoms with E-state index in [0.717, 1.165) is 48.7 Å². The van der Waals surface area contributed by atoms with E-state index < -0.39 is 0 Å². The van der Waals surface area contributed by atoms with Gasteiger partial charge in [-0.1, -0.05) is 23.7 Å². The summed E-state index contributed by atoms with van der Waals surface area (Å²) in [7, 11) is 1.82. The summed E-state index contributed by atoms with van der Waals surface area (Å²) >= 11 is 7.67. The minimum Gasteiger partial charge on any atom is -0.356 e. The van der Waals surface area contributed by atoms with Gasteiger partial charge in [0.25, 0.3) is 0 Å². The second-order valence-electron chi connectivity index (χ2n) is 7.01. The van der Waals surface area contributed by atoms with Gasteiger partial charge in [-0.05, 0) is 56.5 Å². The Morgan fingerprint density at radius 3 is 2.63 bits per heavy atom. The highest BCUT2D eigenvalue weighted by atomic mass is 35.5. The molecule has 0 unspecified atom stereocenters. The predicted octanol–water partition coefficient (Wildman–Crippen LogP) is 3.68. The van der Waals surface area contributed by atoms with E-state index in [1.165, 1.54) is 24.1 Å². The Hall–Kier alpha value is -1.63. The summed E-state index contributed by atoms with van der Waals surface area (Å²) in [5.41, 5.74) is 2.40. The Kier molecular flexibility index (Phi) is 7.50. The van der Waals surface area contributed by atoms with Crippen LogP contribution in [0.3, 0.4) is 0 Å². The minimum absolute atomic E-state index is 0.688. The molecule has 0 bridgehead atoms. The molecule has 1 aliphatic heterocycles. The van der Waals surface area contributed by atoms with Gasteiger partial charge in [0.2, 0.25) is 0 Å². The fourth-order valence-electron chi connectivity index (χ4n) is 3.31. The molecule has 0 amide bonds. The Bertz CT molecular complexity index is 735. The van der Waals surface area contributed by atoms with Crippen LogP contribution in [0.4, 0.5) is 0 Å². The van der Waals surface area contributed by atoms with Gasteiger partial charge in [0.1, 0.15) is 0 Å². The van der Waals surface area contributed by atoms with Crippen molar-refractivity contribution in [3.63, 3.8) is 0 Å². The van der Waals surface area contributed by atoms with Crippen molar-refractivity contribution in [2.75, 3.05) is 26.7 Å². The molecule has 0 radical (unpaired) electrons. The number of hydrogen-bond acceptors (Lipinski definition) is 4. The van der Waals surface area contributed by atoms with E-state index in [-0.39, 0.29) is 0 Å². The number of benzene rings is 1. The highest BCUT2D eigenvalue weighted by Crippen LogP contribution is 2.19. The highest BCUT2D eigenvalue weighted by Gasteiger charge is 2.20. The molecule has 1 fully saturated rings. The van der Waals surface area contributed by atoms with Gasteiger partial charge in [-0.3, -0.25) is 9.89 Å². The first-order valence-corrected chi connectivity index (χ1v) is 10.7. The summed E-state index contributed by atoms with van der Waals surface area (Å²) in [5, 5.41) is 10.9. The van der Waals surface area contributed by atoms with Crippen LogP contribution in [0.1, 0.15) is 29.1 Å². The number of piperidine rings is 1. The lowest BCUT2D eigenvalue weighted by molar-refractivity contribution is 0.176. The topological polar surface area (TPSA) is 52.6 Å². The summed E-state index contributed by atoms with van der Waals surface area (Å²) < 4.78 is 0. The van der Waals surface area contributed by atoms with Crippen molar-refractivity contribution in [1.29, 1.82) is 0 Å². The van der Waals surface area contributed by atoms with Gasteiger partial charge in [0.15, 0.2) is 5.96 Å². The smallest absolute Gasteiger partial charge is 0.191 e. The molecule has 2 aromatic rings. The van der Waals surface area contributed by atoms with Crippen molar-refractivity contribution >= 4 is 28.9 Å². The number of aromatic nitrogens is 1.